The van der Waals surface area contributed by atoms with E-state index in [9.17, 15) is 0 Å². The van der Waals surface area contributed by atoms with E-state index in [2.05, 4.69) is 23.9 Å². The van der Waals surface area contributed by atoms with Crippen LogP contribution in [-0.4, -0.2) is 36.1 Å². The summed E-state index contributed by atoms with van der Waals surface area (Å²) in [6.07, 6.45) is 4.32. The topological polar surface area (TPSA) is 25.4 Å². The fourth-order valence-corrected chi connectivity index (χ4v) is 1.96. The van der Waals surface area contributed by atoms with Gasteiger partial charge in [0.25, 0.3) is 0 Å². The lowest BCUT2D eigenvalue weighted by molar-refractivity contribution is 0.193. The first-order chi connectivity index (χ1) is 7.25. The van der Waals surface area contributed by atoms with Gasteiger partial charge in [0, 0.05) is 18.3 Å². The zero-order valence-corrected chi connectivity index (χ0v) is 9.44. The van der Waals surface area contributed by atoms with E-state index < -0.39 is 0 Å². The Bertz CT molecular complexity index is 327. The van der Waals surface area contributed by atoms with E-state index in [1.54, 1.807) is 6.20 Å². The summed E-state index contributed by atoms with van der Waals surface area (Å²) in [7, 11) is 2.16. The molecule has 2 rings (SSSR count). The van der Waals surface area contributed by atoms with Crippen molar-refractivity contribution in [2.45, 2.75) is 25.8 Å². The van der Waals surface area contributed by atoms with Crippen LogP contribution in [0.5, 0.6) is 5.88 Å². The van der Waals surface area contributed by atoms with Gasteiger partial charge in [0.2, 0.25) is 5.88 Å². The van der Waals surface area contributed by atoms with E-state index in [1.807, 2.05) is 12.1 Å². The number of likely N-dealkylation sites (tertiary alicyclic amines) is 1. The minimum absolute atomic E-state index is 0.562. The van der Waals surface area contributed by atoms with Gasteiger partial charge in [-0.25, -0.2) is 4.98 Å². The molecule has 15 heavy (non-hydrogen) atoms. The lowest BCUT2D eigenvalue weighted by Crippen LogP contribution is -2.30. The van der Waals surface area contributed by atoms with Crippen molar-refractivity contribution in [2.75, 3.05) is 20.2 Å². The predicted octanol–water partition coefficient (Wildman–Crippen LogP) is 1.86. The summed E-state index contributed by atoms with van der Waals surface area (Å²) >= 11 is 0. The van der Waals surface area contributed by atoms with Crippen molar-refractivity contribution >= 4 is 0 Å². The van der Waals surface area contributed by atoms with Crippen LogP contribution in [0.15, 0.2) is 18.3 Å². The van der Waals surface area contributed by atoms with Crippen molar-refractivity contribution in [3.63, 3.8) is 0 Å². The third kappa shape index (κ3) is 2.69. The molecule has 0 bridgehead atoms. The third-order valence-corrected chi connectivity index (χ3v) is 2.99. The van der Waals surface area contributed by atoms with Crippen molar-refractivity contribution in [1.29, 1.82) is 0 Å². The van der Waals surface area contributed by atoms with Crippen LogP contribution >= 0.6 is 0 Å². The lowest BCUT2D eigenvalue weighted by Gasteiger charge is -2.19. The molecule has 0 spiro atoms. The summed E-state index contributed by atoms with van der Waals surface area (Å²) in [5.74, 6) is 0.746. The second-order valence-electron chi connectivity index (χ2n) is 4.26. The number of aromatic nitrogens is 1. The molecule has 3 nitrogen and oxygen atoms in total. The molecule has 1 fully saturated rings. The third-order valence-electron chi connectivity index (χ3n) is 2.99. The van der Waals surface area contributed by atoms with Gasteiger partial charge < -0.3 is 9.64 Å². The number of likely N-dealkylation sites (N-methyl/N-ethyl adjacent to an activating group) is 1. The van der Waals surface area contributed by atoms with Crippen molar-refractivity contribution in [1.82, 2.24) is 9.88 Å². The molecule has 0 amide bonds. The Morgan fingerprint density at radius 1 is 1.60 bits per heavy atom. The van der Waals surface area contributed by atoms with E-state index in [4.69, 9.17) is 4.74 Å². The molecule has 1 aliphatic heterocycles. The SMILES string of the molecule is Cc1ccnc(OCC2CCCN2C)c1. The average molecular weight is 206 g/mol. The first kappa shape index (κ1) is 10.4. The maximum absolute atomic E-state index is 5.69. The van der Waals surface area contributed by atoms with Crippen molar-refractivity contribution in [2.24, 2.45) is 0 Å². The van der Waals surface area contributed by atoms with Crippen molar-refractivity contribution in [3.8, 4) is 5.88 Å². The molecule has 0 aliphatic carbocycles. The van der Waals surface area contributed by atoms with Crippen LogP contribution in [0.2, 0.25) is 0 Å². The maximum atomic E-state index is 5.69. The van der Waals surface area contributed by atoms with E-state index in [1.165, 1.54) is 24.9 Å². The molecule has 1 aliphatic rings. The Balaban J connectivity index is 1.87. The zero-order chi connectivity index (χ0) is 10.7. The summed E-state index contributed by atoms with van der Waals surface area (Å²) in [4.78, 5) is 6.54. The van der Waals surface area contributed by atoms with E-state index in [-0.39, 0.29) is 0 Å². The normalized spacial score (nSPS) is 21.9. The smallest absolute Gasteiger partial charge is 0.213 e. The number of hydrogen-bond acceptors (Lipinski definition) is 3. The average Bonchev–Trinajstić information content (AvgIpc) is 2.61. The molecule has 82 valence electrons. The van der Waals surface area contributed by atoms with Gasteiger partial charge in [-0.2, -0.15) is 0 Å². The standard InChI is InChI=1S/C12H18N2O/c1-10-5-6-13-12(8-10)15-9-11-4-3-7-14(11)2/h5-6,8,11H,3-4,7,9H2,1-2H3. The van der Waals surface area contributed by atoms with Crippen LogP contribution in [0.1, 0.15) is 18.4 Å². The van der Waals surface area contributed by atoms with E-state index in [0.29, 0.717) is 6.04 Å². The highest BCUT2D eigenvalue weighted by Gasteiger charge is 2.21. The summed E-state index contributed by atoms with van der Waals surface area (Å²) in [5, 5.41) is 0. The second-order valence-corrected chi connectivity index (χ2v) is 4.26. The Labute approximate surface area is 91.1 Å². The van der Waals surface area contributed by atoms with E-state index >= 15 is 0 Å². The fourth-order valence-electron chi connectivity index (χ4n) is 1.96. The Kier molecular flexibility index (Phi) is 3.21. The van der Waals surface area contributed by atoms with Crippen molar-refractivity contribution < 1.29 is 4.74 Å². The summed E-state index contributed by atoms with van der Waals surface area (Å²) in [6.45, 7) is 4.00. The van der Waals surface area contributed by atoms with E-state index in [0.717, 1.165) is 12.5 Å². The van der Waals surface area contributed by atoms with Gasteiger partial charge in [-0.1, -0.05) is 0 Å². The van der Waals surface area contributed by atoms with Gasteiger partial charge in [-0.3, -0.25) is 0 Å². The Morgan fingerprint density at radius 3 is 3.13 bits per heavy atom. The van der Waals surface area contributed by atoms with Crippen LogP contribution in [0, 0.1) is 6.92 Å². The molecule has 0 saturated carbocycles. The number of rotatable bonds is 3. The zero-order valence-electron chi connectivity index (χ0n) is 9.44. The molecule has 1 aromatic rings. The number of pyridine rings is 1. The molecule has 0 aromatic carbocycles. The highest BCUT2D eigenvalue weighted by atomic mass is 16.5. The highest BCUT2D eigenvalue weighted by molar-refractivity contribution is 5.18. The van der Waals surface area contributed by atoms with Crippen molar-refractivity contribution in [3.05, 3.63) is 23.9 Å². The molecule has 1 atom stereocenters. The first-order valence-corrected chi connectivity index (χ1v) is 5.51. The molecule has 1 unspecified atom stereocenters. The number of ether oxygens (including phenoxy) is 1. The number of nitrogens with zero attached hydrogens (tertiary/aromatic N) is 2. The maximum Gasteiger partial charge on any atom is 0.213 e. The molecule has 1 aromatic heterocycles. The van der Waals surface area contributed by atoms with Crippen LogP contribution in [-0.2, 0) is 0 Å². The van der Waals surface area contributed by atoms with Gasteiger partial charge in [-0.05, 0) is 45.0 Å². The first-order valence-electron chi connectivity index (χ1n) is 5.51. The van der Waals surface area contributed by atoms with Gasteiger partial charge in [0.05, 0.1) is 0 Å². The largest absolute Gasteiger partial charge is 0.476 e. The van der Waals surface area contributed by atoms with Crippen LogP contribution in [0.25, 0.3) is 0 Å². The van der Waals surface area contributed by atoms with Gasteiger partial charge in [0.15, 0.2) is 0 Å². The Morgan fingerprint density at radius 2 is 2.47 bits per heavy atom. The highest BCUT2D eigenvalue weighted by Crippen LogP contribution is 2.16. The molecule has 0 radical (unpaired) electrons. The monoisotopic (exact) mass is 206 g/mol. The molecule has 2 heterocycles. The van der Waals surface area contributed by atoms with Gasteiger partial charge in [-0.15, -0.1) is 0 Å². The molecule has 1 saturated heterocycles. The van der Waals surface area contributed by atoms with Gasteiger partial charge >= 0.3 is 0 Å². The van der Waals surface area contributed by atoms with Crippen LogP contribution in [0.4, 0.5) is 0 Å². The summed E-state index contributed by atoms with van der Waals surface area (Å²) < 4.78 is 5.69. The molecule has 3 heteroatoms. The number of aryl methyl sites for hydroxylation is 1. The quantitative estimate of drug-likeness (QED) is 0.755. The minimum Gasteiger partial charge on any atom is -0.476 e. The van der Waals surface area contributed by atoms with Crippen LogP contribution in [0.3, 0.4) is 0 Å². The fraction of sp³-hybridized carbons (Fsp3) is 0.583. The molecular weight excluding hydrogens is 188 g/mol. The van der Waals surface area contributed by atoms with Gasteiger partial charge in [0.1, 0.15) is 6.61 Å². The lowest BCUT2D eigenvalue weighted by atomic mass is 10.2. The second kappa shape index (κ2) is 4.62. The number of hydrogen-bond donors (Lipinski definition) is 0. The molecular formula is C12H18N2O. The summed E-state index contributed by atoms with van der Waals surface area (Å²) in [5.41, 5.74) is 1.19. The minimum atomic E-state index is 0.562. The molecule has 0 N–H and O–H groups in total. The Hall–Kier alpha value is -1.09. The predicted molar refractivity (Wildman–Crippen MR) is 60.1 cm³/mol. The summed E-state index contributed by atoms with van der Waals surface area (Å²) in [6, 6.07) is 4.52. The van der Waals surface area contributed by atoms with Crippen LogP contribution < -0.4 is 4.74 Å².